The van der Waals surface area contributed by atoms with Crippen molar-refractivity contribution >= 4 is 0 Å². The largest absolute Gasteiger partial charge is 0.491 e. The topological polar surface area (TPSA) is 53.7 Å². The minimum Gasteiger partial charge on any atom is -0.491 e. The molecule has 0 aliphatic carbocycles. The van der Waals surface area contributed by atoms with Crippen LogP contribution in [-0.4, -0.2) is 33.5 Å². The van der Waals surface area contributed by atoms with Gasteiger partial charge < -0.3 is 19.9 Å². The zero-order valence-corrected chi connectivity index (χ0v) is 11.9. The van der Waals surface area contributed by atoms with Gasteiger partial charge in [0.25, 0.3) is 0 Å². The molecule has 0 radical (unpaired) electrons. The molecule has 0 heterocycles. The number of alkyl halides is 3. The number of hydrogen-bond acceptors (Lipinski definition) is 4. The van der Waals surface area contributed by atoms with Crippen molar-refractivity contribution in [3.63, 3.8) is 0 Å². The molecule has 0 unspecified atom stereocenters. The second-order valence-electron chi connectivity index (χ2n) is 4.34. The Morgan fingerprint density at radius 2 is 1.86 bits per heavy atom. The van der Waals surface area contributed by atoms with Crippen LogP contribution in [0.5, 0.6) is 5.75 Å². The highest BCUT2D eigenvalue weighted by molar-refractivity contribution is 5.39. The summed E-state index contributed by atoms with van der Waals surface area (Å²) in [5.41, 5.74) is 4.95. The monoisotopic (exact) mass is 307 g/mol. The minimum atomic E-state index is -4.47. The van der Waals surface area contributed by atoms with Crippen molar-refractivity contribution in [1.82, 2.24) is 0 Å². The molecule has 0 aliphatic heterocycles. The Kier molecular flexibility index (Phi) is 7.49. The molecule has 0 spiro atoms. The first-order valence-corrected chi connectivity index (χ1v) is 6.58. The first-order valence-electron chi connectivity index (χ1n) is 6.58. The Balaban J connectivity index is 2.51. The summed E-state index contributed by atoms with van der Waals surface area (Å²) >= 11 is 0. The van der Waals surface area contributed by atoms with Crippen molar-refractivity contribution in [2.75, 3.05) is 33.5 Å². The predicted molar refractivity (Wildman–Crippen MR) is 72.1 cm³/mol. The Morgan fingerprint density at radius 3 is 2.48 bits per heavy atom. The van der Waals surface area contributed by atoms with Crippen molar-refractivity contribution in [3.05, 3.63) is 29.3 Å². The van der Waals surface area contributed by atoms with Gasteiger partial charge in [0.15, 0.2) is 0 Å². The molecule has 0 amide bonds. The predicted octanol–water partition coefficient (Wildman–Crippen LogP) is 2.60. The van der Waals surface area contributed by atoms with Gasteiger partial charge in [-0.1, -0.05) is 6.07 Å². The molecule has 1 aromatic rings. The van der Waals surface area contributed by atoms with E-state index in [1.165, 1.54) is 12.1 Å². The molecule has 2 N–H and O–H groups in total. The fraction of sp³-hybridized carbons (Fsp3) is 0.571. The number of ether oxygens (including phenoxy) is 3. The molecule has 7 heteroatoms. The molecule has 1 rings (SSSR count). The lowest BCUT2D eigenvalue weighted by Crippen LogP contribution is -2.13. The first kappa shape index (κ1) is 17.7. The van der Waals surface area contributed by atoms with Crippen LogP contribution in [0.25, 0.3) is 0 Å². The summed E-state index contributed by atoms with van der Waals surface area (Å²) in [6, 6.07) is 3.81. The van der Waals surface area contributed by atoms with Crippen molar-refractivity contribution in [2.24, 2.45) is 5.73 Å². The third-order valence-corrected chi connectivity index (χ3v) is 2.71. The van der Waals surface area contributed by atoms with E-state index in [-0.39, 0.29) is 25.5 Å². The Hall–Kier alpha value is -1.31. The van der Waals surface area contributed by atoms with E-state index in [1.54, 1.807) is 7.11 Å². The number of hydrogen-bond donors (Lipinski definition) is 1. The van der Waals surface area contributed by atoms with E-state index in [1.807, 2.05) is 0 Å². The minimum absolute atomic E-state index is 0.0476. The lowest BCUT2D eigenvalue weighted by Gasteiger charge is -2.15. The van der Waals surface area contributed by atoms with Gasteiger partial charge >= 0.3 is 6.18 Å². The number of benzene rings is 1. The molecule has 120 valence electrons. The fourth-order valence-electron chi connectivity index (χ4n) is 1.67. The molecular formula is C14H20F3NO3. The Morgan fingerprint density at radius 1 is 1.10 bits per heavy atom. The Labute approximate surface area is 122 Å². The quantitative estimate of drug-likeness (QED) is 0.713. The molecule has 4 nitrogen and oxygen atoms in total. The van der Waals surface area contributed by atoms with E-state index in [9.17, 15) is 13.2 Å². The molecule has 21 heavy (non-hydrogen) atoms. The maximum atomic E-state index is 12.9. The number of nitrogens with two attached hydrogens (primary N) is 1. The van der Waals surface area contributed by atoms with Crippen molar-refractivity contribution in [2.45, 2.75) is 19.1 Å². The van der Waals surface area contributed by atoms with Crippen LogP contribution in [0, 0.1) is 0 Å². The standard InChI is InChI=1S/C14H20F3NO3/c1-19-5-2-6-20-7-8-21-13-4-3-11(10-18)9-12(13)14(15,16)17/h3-4,9H,2,5-8,10,18H2,1H3. The molecule has 0 saturated carbocycles. The van der Waals surface area contributed by atoms with Crippen molar-refractivity contribution < 1.29 is 27.4 Å². The fourth-order valence-corrected chi connectivity index (χ4v) is 1.67. The van der Waals surface area contributed by atoms with Crippen LogP contribution in [-0.2, 0) is 22.2 Å². The maximum absolute atomic E-state index is 12.9. The summed E-state index contributed by atoms with van der Waals surface area (Å²) in [7, 11) is 1.59. The van der Waals surface area contributed by atoms with Gasteiger partial charge in [-0.2, -0.15) is 13.2 Å². The van der Waals surface area contributed by atoms with E-state index < -0.39 is 11.7 Å². The van der Waals surface area contributed by atoms with E-state index >= 15 is 0 Å². The molecule has 0 bridgehead atoms. The Bertz CT molecular complexity index is 424. The van der Waals surface area contributed by atoms with Gasteiger partial charge in [0.2, 0.25) is 0 Å². The van der Waals surface area contributed by atoms with E-state index in [0.29, 0.717) is 18.8 Å². The van der Waals surface area contributed by atoms with Crippen LogP contribution in [0.1, 0.15) is 17.5 Å². The maximum Gasteiger partial charge on any atom is 0.419 e. The van der Waals surface area contributed by atoms with Gasteiger partial charge in [-0.05, 0) is 24.1 Å². The van der Waals surface area contributed by atoms with Gasteiger partial charge in [0.05, 0.1) is 12.2 Å². The van der Waals surface area contributed by atoms with Crippen LogP contribution in [0.2, 0.25) is 0 Å². The summed E-state index contributed by atoms with van der Waals surface area (Å²) in [5.74, 6) is -0.208. The zero-order valence-electron chi connectivity index (χ0n) is 11.9. The van der Waals surface area contributed by atoms with Crippen LogP contribution >= 0.6 is 0 Å². The molecule has 0 saturated heterocycles. The van der Waals surface area contributed by atoms with Gasteiger partial charge in [0.1, 0.15) is 12.4 Å². The lowest BCUT2D eigenvalue weighted by atomic mass is 10.1. The highest BCUT2D eigenvalue weighted by Gasteiger charge is 2.34. The molecule has 0 aliphatic rings. The zero-order chi connectivity index (χ0) is 15.7. The second kappa shape index (κ2) is 8.86. The smallest absolute Gasteiger partial charge is 0.419 e. The van der Waals surface area contributed by atoms with Crippen LogP contribution < -0.4 is 10.5 Å². The van der Waals surface area contributed by atoms with Gasteiger partial charge in [0, 0.05) is 26.9 Å². The molecule has 0 atom stereocenters. The van der Waals surface area contributed by atoms with Crippen LogP contribution in [0.4, 0.5) is 13.2 Å². The van der Waals surface area contributed by atoms with Gasteiger partial charge in [-0.25, -0.2) is 0 Å². The van der Waals surface area contributed by atoms with Crippen LogP contribution in [0.3, 0.4) is 0 Å². The summed E-state index contributed by atoms with van der Waals surface area (Å²) in [6.45, 7) is 1.39. The third-order valence-electron chi connectivity index (χ3n) is 2.71. The van der Waals surface area contributed by atoms with E-state index in [2.05, 4.69) is 0 Å². The average Bonchev–Trinajstić information content (AvgIpc) is 2.45. The van der Waals surface area contributed by atoms with Crippen molar-refractivity contribution in [1.29, 1.82) is 0 Å². The normalized spacial score (nSPS) is 11.7. The molecule has 1 aromatic carbocycles. The van der Waals surface area contributed by atoms with E-state index in [4.69, 9.17) is 19.9 Å². The molecular weight excluding hydrogens is 287 g/mol. The average molecular weight is 307 g/mol. The number of halogens is 3. The van der Waals surface area contributed by atoms with Crippen LogP contribution in [0.15, 0.2) is 18.2 Å². The summed E-state index contributed by atoms with van der Waals surface area (Å²) in [5, 5.41) is 0. The summed E-state index contributed by atoms with van der Waals surface area (Å²) < 4.78 is 54.0. The highest BCUT2D eigenvalue weighted by atomic mass is 19.4. The summed E-state index contributed by atoms with van der Waals surface area (Å²) in [4.78, 5) is 0. The number of rotatable bonds is 9. The third kappa shape index (κ3) is 6.33. The van der Waals surface area contributed by atoms with Crippen molar-refractivity contribution in [3.8, 4) is 5.75 Å². The summed E-state index contributed by atoms with van der Waals surface area (Å²) in [6.07, 6.45) is -3.74. The molecule has 0 fully saturated rings. The highest BCUT2D eigenvalue weighted by Crippen LogP contribution is 2.36. The van der Waals surface area contributed by atoms with E-state index in [0.717, 1.165) is 12.5 Å². The van der Waals surface area contributed by atoms with Gasteiger partial charge in [-0.3, -0.25) is 0 Å². The van der Waals surface area contributed by atoms with Gasteiger partial charge in [-0.15, -0.1) is 0 Å². The molecule has 0 aromatic heterocycles. The lowest BCUT2D eigenvalue weighted by molar-refractivity contribution is -0.139. The number of methoxy groups -OCH3 is 1. The second-order valence-corrected chi connectivity index (χ2v) is 4.34. The first-order chi connectivity index (χ1) is 9.99. The SMILES string of the molecule is COCCCOCCOc1ccc(CN)cc1C(F)(F)F.